The average molecular weight is 420 g/mol. The van der Waals surface area contributed by atoms with Crippen LogP contribution in [0.3, 0.4) is 0 Å². The first-order valence-electron chi connectivity index (χ1n) is 9.54. The summed E-state index contributed by atoms with van der Waals surface area (Å²) in [5.74, 6) is 0.0702. The van der Waals surface area contributed by atoms with E-state index in [9.17, 15) is 22.8 Å². The van der Waals surface area contributed by atoms with Crippen molar-refractivity contribution in [3.8, 4) is 5.75 Å². The highest BCUT2D eigenvalue weighted by Gasteiger charge is 2.32. The summed E-state index contributed by atoms with van der Waals surface area (Å²) in [7, 11) is 0. The van der Waals surface area contributed by atoms with E-state index in [0.29, 0.717) is 17.0 Å². The van der Waals surface area contributed by atoms with Gasteiger partial charge in [0, 0.05) is 24.9 Å². The zero-order valence-corrected chi connectivity index (χ0v) is 16.8. The second-order valence-electron chi connectivity index (χ2n) is 7.79. The van der Waals surface area contributed by atoms with Crippen molar-refractivity contribution < 1.29 is 27.5 Å². The number of carbonyl (C=O) groups is 2. The van der Waals surface area contributed by atoms with E-state index in [2.05, 4.69) is 5.32 Å². The molecule has 2 aromatic rings. The fourth-order valence-electron chi connectivity index (χ4n) is 3.24. The van der Waals surface area contributed by atoms with Gasteiger partial charge >= 0.3 is 6.18 Å². The molecule has 2 aromatic carbocycles. The number of para-hydroxylation sites is 2. The van der Waals surface area contributed by atoms with Crippen molar-refractivity contribution in [2.24, 2.45) is 0 Å². The lowest BCUT2D eigenvalue weighted by molar-refractivity contribution is -0.137. The minimum absolute atomic E-state index is 0.0682. The van der Waals surface area contributed by atoms with Crippen LogP contribution in [0.25, 0.3) is 0 Å². The number of benzene rings is 2. The molecule has 1 aliphatic heterocycles. The van der Waals surface area contributed by atoms with Gasteiger partial charge in [0.1, 0.15) is 5.75 Å². The molecule has 8 heteroatoms. The van der Waals surface area contributed by atoms with Crippen LogP contribution in [0.4, 0.5) is 18.9 Å². The molecule has 0 radical (unpaired) electrons. The van der Waals surface area contributed by atoms with E-state index in [1.807, 2.05) is 0 Å². The second-order valence-corrected chi connectivity index (χ2v) is 7.79. The summed E-state index contributed by atoms with van der Waals surface area (Å²) in [6.07, 6.45) is -4.35. The Bertz CT molecular complexity index is 941. The summed E-state index contributed by atoms with van der Waals surface area (Å²) in [5.41, 5.74) is -0.317. The molecule has 0 bridgehead atoms. The number of fused-ring (bicyclic) bond motifs is 1. The summed E-state index contributed by atoms with van der Waals surface area (Å²) in [4.78, 5) is 26.0. The lowest BCUT2D eigenvalue weighted by atomic mass is 9.83. The van der Waals surface area contributed by atoms with Gasteiger partial charge in [0.15, 0.2) is 6.61 Å². The van der Waals surface area contributed by atoms with Gasteiger partial charge in [-0.05, 0) is 23.8 Å². The Morgan fingerprint density at radius 2 is 1.80 bits per heavy atom. The van der Waals surface area contributed by atoms with Crippen LogP contribution >= 0.6 is 0 Å². The highest BCUT2D eigenvalue weighted by atomic mass is 19.4. The van der Waals surface area contributed by atoms with Gasteiger partial charge in [-0.15, -0.1) is 0 Å². The molecule has 30 heavy (non-hydrogen) atoms. The van der Waals surface area contributed by atoms with Crippen molar-refractivity contribution in [1.29, 1.82) is 0 Å². The predicted octanol–water partition coefficient (Wildman–Crippen LogP) is 3.91. The average Bonchev–Trinajstić information content (AvgIpc) is 2.71. The summed E-state index contributed by atoms with van der Waals surface area (Å²) in [6.45, 7) is 3.81. The van der Waals surface area contributed by atoms with Crippen molar-refractivity contribution in [2.45, 2.75) is 31.9 Å². The van der Waals surface area contributed by atoms with E-state index in [4.69, 9.17) is 4.74 Å². The molecule has 0 atom stereocenters. The van der Waals surface area contributed by atoms with Crippen LogP contribution in [0.1, 0.15) is 31.4 Å². The maximum Gasteiger partial charge on any atom is 0.416 e. The lowest BCUT2D eigenvalue weighted by Gasteiger charge is -2.29. The van der Waals surface area contributed by atoms with E-state index in [-0.39, 0.29) is 37.9 Å². The molecular formula is C22H23F3N2O3. The molecule has 0 spiro atoms. The Balaban J connectivity index is 1.59. The summed E-state index contributed by atoms with van der Waals surface area (Å²) < 4.78 is 44.3. The van der Waals surface area contributed by atoms with Crippen LogP contribution in [0.2, 0.25) is 0 Å². The first-order chi connectivity index (χ1) is 14.1. The van der Waals surface area contributed by atoms with E-state index < -0.39 is 17.2 Å². The number of alkyl halides is 3. The molecule has 0 unspecified atom stereocenters. The SMILES string of the molecule is CC(C)(CNC(=O)CCN1C(=O)COc2ccccc21)c1cccc(C(F)(F)F)c1. The molecule has 0 aliphatic carbocycles. The lowest BCUT2D eigenvalue weighted by Crippen LogP contribution is -2.42. The van der Waals surface area contributed by atoms with Crippen LogP contribution in [0.15, 0.2) is 48.5 Å². The predicted molar refractivity (Wildman–Crippen MR) is 106 cm³/mol. The van der Waals surface area contributed by atoms with Crippen LogP contribution in [0.5, 0.6) is 5.75 Å². The summed E-state index contributed by atoms with van der Waals surface area (Å²) in [5, 5.41) is 2.77. The smallest absolute Gasteiger partial charge is 0.416 e. The number of hydrogen-bond donors (Lipinski definition) is 1. The zero-order valence-electron chi connectivity index (χ0n) is 16.8. The number of hydrogen-bond acceptors (Lipinski definition) is 3. The number of amides is 2. The van der Waals surface area contributed by atoms with Crippen LogP contribution < -0.4 is 15.0 Å². The van der Waals surface area contributed by atoms with Crippen molar-refractivity contribution in [2.75, 3.05) is 24.6 Å². The van der Waals surface area contributed by atoms with Gasteiger partial charge in [-0.3, -0.25) is 9.59 Å². The highest BCUT2D eigenvalue weighted by molar-refractivity contribution is 5.98. The first kappa shape index (κ1) is 21.7. The standard InChI is InChI=1S/C22H23F3N2O3/c1-21(2,15-6-5-7-16(12-15)22(23,24)25)14-26-19(28)10-11-27-17-8-3-4-9-18(17)30-13-20(27)29/h3-9,12H,10-11,13-14H2,1-2H3,(H,26,28). The maximum absolute atomic E-state index is 13.0. The highest BCUT2D eigenvalue weighted by Crippen LogP contribution is 2.33. The fourth-order valence-corrected chi connectivity index (χ4v) is 3.24. The number of carbonyl (C=O) groups excluding carboxylic acids is 2. The minimum atomic E-state index is -4.42. The van der Waals surface area contributed by atoms with E-state index in [0.717, 1.165) is 12.1 Å². The van der Waals surface area contributed by atoms with Crippen molar-refractivity contribution >= 4 is 17.5 Å². The monoisotopic (exact) mass is 420 g/mol. The largest absolute Gasteiger partial charge is 0.482 e. The third-order valence-corrected chi connectivity index (χ3v) is 5.07. The van der Waals surface area contributed by atoms with Gasteiger partial charge in [-0.25, -0.2) is 0 Å². The van der Waals surface area contributed by atoms with Crippen molar-refractivity contribution in [1.82, 2.24) is 5.32 Å². The molecule has 1 heterocycles. The van der Waals surface area contributed by atoms with Crippen molar-refractivity contribution in [3.63, 3.8) is 0 Å². The number of halogens is 3. The summed E-state index contributed by atoms with van der Waals surface area (Å²) in [6, 6.07) is 12.2. The molecule has 1 aliphatic rings. The number of anilines is 1. The third-order valence-electron chi connectivity index (χ3n) is 5.07. The van der Waals surface area contributed by atoms with Crippen LogP contribution in [0, 0.1) is 0 Å². The topological polar surface area (TPSA) is 58.6 Å². The summed E-state index contributed by atoms with van der Waals surface area (Å²) >= 11 is 0. The number of nitrogens with one attached hydrogen (secondary N) is 1. The molecule has 0 aromatic heterocycles. The van der Waals surface area contributed by atoms with Crippen LogP contribution in [-0.4, -0.2) is 31.5 Å². The van der Waals surface area contributed by atoms with Gasteiger partial charge in [0.25, 0.3) is 5.91 Å². The first-order valence-corrected chi connectivity index (χ1v) is 9.54. The Morgan fingerprint density at radius 1 is 1.10 bits per heavy atom. The molecule has 0 fully saturated rings. The molecule has 0 saturated carbocycles. The Kier molecular flexibility index (Phi) is 6.05. The van der Waals surface area contributed by atoms with Gasteiger partial charge in [0.05, 0.1) is 11.3 Å². The molecular weight excluding hydrogens is 397 g/mol. The fraction of sp³-hybridized carbons (Fsp3) is 0.364. The number of nitrogens with zero attached hydrogens (tertiary/aromatic N) is 1. The molecule has 3 rings (SSSR count). The van der Waals surface area contributed by atoms with Gasteiger partial charge in [-0.2, -0.15) is 13.2 Å². The zero-order chi connectivity index (χ0) is 21.9. The van der Waals surface area contributed by atoms with E-state index >= 15 is 0 Å². The van der Waals surface area contributed by atoms with Gasteiger partial charge in [0.2, 0.25) is 5.91 Å². The quantitative estimate of drug-likeness (QED) is 0.771. The third kappa shape index (κ3) is 4.93. The normalized spacial score (nSPS) is 14.2. The van der Waals surface area contributed by atoms with Gasteiger partial charge in [-0.1, -0.05) is 44.2 Å². The van der Waals surface area contributed by atoms with Crippen molar-refractivity contribution in [3.05, 3.63) is 59.7 Å². The molecule has 1 N–H and O–H groups in total. The Hall–Kier alpha value is -3.03. The minimum Gasteiger partial charge on any atom is -0.482 e. The molecule has 2 amide bonds. The molecule has 0 saturated heterocycles. The maximum atomic E-state index is 13.0. The Labute approximate surface area is 172 Å². The van der Waals surface area contributed by atoms with Crippen LogP contribution in [-0.2, 0) is 21.2 Å². The van der Waals surface area contributed by atoms with E-state index in [1.54, 1.807) is 44.2 Å². The van der Waals surface area contributed by atoms with E-state index in [1.165, 1.54) is 11.0 Å². The molecule has 5 nitrogen and oxygen atoms in total. The second kappa shape index (κ2) is 8.38. The Morgan fingerprint density at radius 3 is 2.53 bits per heavy atom. The number of rotatable bonds is 6. The molecule has 160 valence electrons. The number of ether oxygens (including phenoxy) is 1. The van der Waals surface area contributed by atoms with Gasteiger partial charge < -0.3 is 15.0 Å².